The normalized spacial score (nSPS) is 23.6. The molecule has 1 aliphatic rings. The fraction of sp³-hybridized carbons (Fsp3) is 0.647. The highest BCUT2D eigenvalue weighted by Crippen LogP contribution is 2.33. The Kier molecular flexibility index (Phi) is 4.87. The van der Waals surface area contributed by atoms with Crippen LogP contribution in [0.3, 0.4) is 0 Å². The zero-order valence-electron chi connectivity index (χ0n) is 12.5. The Morgan fingerprint density at radius 1 is 1.26 bits per heavy atom. The number of benzene rings is 1. The van der Waals surface area contributed by atoms with Gasteiger partial charge in [-0.3, -0.25) is 0 Å². The average molecular weight is 261 g/mol. The third-order valence-electron chi connectivity index (χ3n) is 4.66. The van der Waals surface area contributed by atoms with E-state index in [4.69, 9.17) is 4.74 Å². The molecular formula is C17H27NO. The van der Waals surface area contributed by atoms with Gasteiger partial charge in [-0.25, -0.2) is 0 Å². The lowest BCUT2D eigenvalue weighted by atomic mass is 9.75. The van der Waals surface area contributed by atoms with E-state index in [1.807, 2.05) is 6.07 Å². The molecule has 1 heterocycles. The Morgan fingerprint density at radius 3 is 2.68 bits per heavy atom. The third-order valence-corrected chi connectivity index (χ3v) is 4.66. The fourth-order valence-corrected chi connectivity index (χ4v) is 3.25. The molecule has 1 saturated heterocycles. The summed E-state index contributed by atoms with van der Waals surface area (Å²) in [6.45, 7) is 5.87. The second kappa shape index (κ2) is 6.42. The lowest BCUT2D eigenvalue weighted by Gasteiger charge is -2.42. The zero-order chi connectivity index (χ0) is 13.7. The quantitative estimate of drug-likeness (QED) is 0.870. The van der Waals surface area contributed by atoms with Crippen molar-refractivity contribution < 1.29 is 4.74 Å². The van der Waals surface area contributed by atoms with Gasteiger partial charge in [0.2, 0.25) is 0 Å². The van der Waals surface area contributed by atoms with Gasteiger partial charge in [0, 0.05) is 5.54 Å². The molecule has 2 rings (SSSR count). The second-order valence-electron chi connectivity index (χ2n) is 6.01. The minimum atomic E-state index is 0.319. The Hall–Kier alpha value is -1.02. The van der Waals surface area contributed by atoms with Crippen LogP contribution in [0.2, 0.25) is 0 Å². The SMILES string of the molecule is COc1ccccc1CCC1(C(C)C)CCCCN1. The van der Waals surface area contributed by atoms with Crippen LogP contribution in [-0.4, -0.2) is 19.2 Å². The van der Waals surface area contributed by atoms with Crippen molar-refractivity contribution in [3.05, 3.63) is 29.8 Å². The van der Waals surface area contributed by atoms with Crippen LogP contribution in [0.1, 0.15) is 45.1 Å². The third kappa shape index (κ3) is 3.30. The van der Waals surface area contributed by atoms with Crippen LogP contribution in [0.4, 0.5) is 0 Å². The van der Waals surface area contributed by atoms with Gasteiger partial charge in [0.1, 0.15) is 5.75 Å². The summed E-state index contributed by atoms with van der Waals surface area (Å²) in [7, 11) is 1.76. The Bertz CT molecular complexity index is 394. The van der Waals surface area contributed by atoms with Crippen LogP contribution in [0.15, 0.2) is 24.3 Å². The standard InChI is InChI=1S/C17H27NO/c1-14(2)17(11-6-7-13-18-17)12-10-15-8-4-5-9-16(15)19-3/h4-5,8-9,14,18H,6-7,10-13H2,1-3H3. The molecule has 2 heteroatoms. The van der Waals surface area contributed by atoms with Crippen LogP contribution in [0, 0.1) is 5.92 Å². The van der Waals surface area contributed by atoms with E-state index in [-0.39, 0.29) is 0 Å². The lowest BCUT2D eigenvalue weighted by molar-refractivity contribution is 0.170. The van der Waals surface area contributed by atoms with Gasteiger partial charge in [0.05, 0.1) is 7.11 Å². The van der Waals surface area contributed by atoms with Gasteiger partial charge >= 0.3 is 0 Å². The molecule has 0 saturated carbocycles. The molecule has 1 N–H and O–H groups in total. The van der Waals surface area contributed by atoms with Crippen molar-refractivity contribution in [1.29, 1.82) is 0 Å². The first-order valence-electron chi connectivity index (χ1n) is 7.55. The van der Waals surface area contributed by atoms with E-state index >= 15 is 0 Å². The Labute approximate surface area is 117 Å². The topological polar surface area (TPSA) is 21.3 Å². The maximum atomic E-state index is 5.46. The molecular weight excluding hydrogens is 234 g/mol. The van der Waals surface area contributed by atoms with Crippen molar-refractivity contribution in [2.24, 2.45) is 5.92 Å². The molecule has 0 aromatic heterocycles. The summed E-state index contributed by atoms with van der Waals surface area (Å²) in [6.07, 6.45) is 6.28. The van der Waals surface area contributed by atoms with Crippen LogP contribution in [-0.2, 0) is 6.42 Å². The summed E-state index contributed by atoms with van der Waals surface area (Å²) >= 11 is 0. The predicted octanol–water partition coefficient (Wildman–Crippen LogP) is 3.80. The molecule has 1 fully saturated rings. The number of aryl methyl sites for hydroxylation is 1. The molecule has 1 aliphatic heterocycles. The van der Waals surface area contributed by atoms with Gasteiger partial charge < -0.3 is 10.1 Å². The minimum absolute atomic E-state index is 0.319. The Morgan fingerprint density at radius 2 is 2.05 bits per heavy atom. The first-order valence-corrected chi connectivity index (χ1v) is 7.55. The van der Waals surface area contributed by atoms with Gasteiger partial charge in [0.15, 0.2) is 0 Å². The summed E-state index contributed by atoms with van der Waals surface area (Å²) < 4.78 is 5.46. The number of ether oxygens (including phenoxy) is 1. The first kappa shape index (κ1) is 14.4. The van der Waals surface area contributed by atoms with Gasteiger partial charge in [-0.2, -0.15) is 0 Å². The van der Waals surface area contributed by atoms with Gasteiger partial charge in [-0.1, -0.05) is 38.5 Å². The molecule has 0 amide bonds. The van der Waals surface area contributed by atoms with Gasteiger partial charge in [0.25, 0.3) is 0 Å². The number of hydrogen-bond donors (Lipinski definition) is 1. The fourth-order valence-electron chi connectivity index (χ4n) is 3.25. The summed E-state index contributed by atoms with van der Waals surface area (Å²) in [4.78, 5) is 0. The van der Waals surface area contributed by atoms with E-state index in [1.165, 1.54) is 37.8 Å². The monoisotopic (exact) mass is 261 g/mol. The van der Waals surface area contributed by atoms with Crippen molar-refractivity contribution in [2.75, 3.05) is 13.7 Å². The summed E-state index contributed by atoms with van der Waals surface area (Å²) in [6, 6.07) is 8.40. The molecule has 1 aromatic carbocycles. The molecule has 2 nitrogen and oxygen atoms in total. The van der Waals surface area contributed by atoms with Gasteiger partial charge in [-0.15, -0.1) is 0 Å². The maximum absolute atomic E-state index is 5.46. The van der Waals surface area contributed by atoms with Crippen LogP contribution >= 0.6 is 0 Å². The van der Waals surface area contributed by atoms with E-state index in [1.54, 1.807) is 7.11 Å². The van der Waals surface area contributed by atoms with Crippen molar-refractivity contribution >= 4 is 0 Å². The highest BCUT2D eigenvalue weighted by atomic mass is 16.5. The average Bonchev–Trinajstić information content (AvgIpc) is 2.46. The van der Waals surface area contributed by atoms with Crippen molar-refractivity contribution in [2.45, 2.75) is 51.5 Å². The number of hydrogen-bond acceptors (Lipinski definition) is 2. The van der Waals surface area contributed by atoms with Crippen molar-refractivity contribution in [1.82, 2.24) is 5.32 Å². The lowest BCUT2D eigenvalue weighted by Crippen LogP contribution is -2.52. The molecule has 1 aromatic rings. The number of piperidine rings is 1. The van der Waals surface area contributed by atoms with E-state index in [0.717, 1.165) is 12.2 Å². The second-order valence-corrected chi connectivity index (χ2v) is 6.01. The molecule has 19 heavy (non-hydrogen) atoms. The molecule has 1 unspecified atom stereocenters. The molecule has 106 valence electrons. The number of methoxy groups -OCH3 is 1. The van der Waals surface area contributed by atoms with E-state index in [9.17, 15) is 0 Å². The van der Waals surface area contributed by atoms with E-state index in [2.05, 4.69) is 37.4 Å². The highest BCUT2D eigenvalue weighted by Gasteiger charge is 2.34. The van der Waals surface area contributed by atoms with Crippen LogP contribution in [0.25, 0.3) is 0 Å². The van der Waals surface area contributed by atoms with Gasteiger partial charge in [-0.05, 0) is 49.8 Å². The molecule has 0 radical (unpaired) electrons. The van der Waals surface area contributed by atoms with E-state index in [0.29, 0.717) is 11.5 Å². The number of nitrogens with one attached hydrogen (secondary N) is 1. The molecule has 0 bridgehead atoms. The Balaban J connectivity index is 2.06. The zero-order valence-corrected chi connectivity index (χ0v) is 12.5. The summed E-state index contributed by atoms with van der Waals surface area (Å²) in [5.74, 6) is 1.71. The summed E-state index contributed by atoms with van der Waals surface area (Å²) in [5, 5.41) is 3.80. The van der Waals surface area contributed by atoms with Crippen molar-refractivity contribution in [3.8, 4) is 5.75 Å². The minimum Gasteiger partial charge on any atom is -0.496 e. The van der Waals surface area contributed by atoms with Crippen LogP contribution in [0.5, 0.6) is 5.75 Å². The first-order chi connectivity index (χ1) is 9.18. The number of para-hydroxylation sites is 1. The van der Waals surface area contributed by atoms with Crippen LogP contribution < -0.4 is 10.1 Å². The molecule has 0 spiro atoms. The van der Waals surface area contributed by atoms with Crippen molar-refractivity contribution in [3.63, 3.8) is 0 Å². The summed E-state index contributed by atoms with van der Waals surface area (Å²) in [5.41, 5.74) is 1.65. The smallest absolute Gasteiger partial charge is 0.122 e. The maximum Gasteiger partial charge on any atom is 0.122 e. The highest BCUT2D eigenvalue weighted by molar-refractivity contribution is 5.33. The largest absolute Gasteiger partial charge is 0.496 e. The molecule has 1 atom stereocenters. The predicted molar refractivity (Wildman–Crippen MR) is 80.7 cm³/mol. The molecule has 0 aliphatic carbocycles. The number of rotatable bonds is 5. The van der Waals surface area contributed by atoms with E-state index < -0.39 is 0 Å².